The smallest absolute Gasteiger partial charge is 0.189 e. The fourth-order valence-electron chi connectivity index (χ4n) is 2.44. The summed E-state index contributed by atoms with van der Waals surface area (Å²) in [6, 6.07) is 1.71. The molecule has 1 N–H and O–H groups in total. The molecule has 8 heteroatoms. The predicted octanol–water partition coefficient (Wildman–Crippen LogP) is 1.34. The first-order chi connectivity index (χ1) is 10.6. The van der Waals surface area contributed by atoms with Crippen LogP contribution in [0.2, 0.25) is 5.02 Å². The summed E-state index contributed by atoms with van der Waals surface area (Å²) in [5.74, 6) is 0.599. The Morgan fingerprint density at radius 2 is 2.18 bits per heavy atom. The van der Waals surface area contributed by atoms with Crippen molar-refractivity contribution in [2.24, 2.45) is 5.10 Å². The van der Waals surface area contributed by atoms with E-state index in [1.54, 1.807) is 12.3 Å². The van der Waals surface area contributed by atoms with E-state index in [1.807, 2.05) is 0 Å². The van der Waals surface area contributed by atoms with Gasteiger partial charge < -0.3 is 14.5 Å². The van der Waals surface area contributed by atoms with Crippen molar-refractivity contribution >= 4 is 34.6 Å². The van der Waals surface area contributed by atoms with E-state index in [1.165, 1.54) is 0 Å². The van der Waals surface area contributed by atoms with Crippen LogP contribution in [0.5, 0.6) is 5.75 Å². The van der Waals surface area contributed by atoms with Crippen molar-refractivity contribution in [3.63, 3.8) is 0 Å². The summed E-state index contributed by atoms with van der Waals surface area (Å²) in [7, 11) is 2.11. The lowest BCUT2D eigenvalue weighted by atomic mass is 10.1. The van der Waals surface area contributed by atoms with Crippen molar-refractivity contribution in [3.05, 3.63) is 23.0 Å². The average Bonchev–Trinajstić information content (AvgIpc) is 2.54. The lowest BCUT2D eigenvalue weighted by Crippen LogP contribution is -2.49. The molecular formula is C14H18ClN5OS. The Morgan fingerprint density at radius 3 is 2.95 bits per heavy atom. The average molecular weight is 340 g/mol. The molecule has 2 aliphatic rings. The Morgan fingerprint density at radius 1 is 1.41 bits per heavy atom. The Balaban J connectivity index is 1.69. The van der Waals surface area contributed by atoms with Crippen LogP contribution in [0.15, 0.2) is 17.4 Å². The topological polar surface area (TPSA) is 53.0 Å². The van der Waals surface area contributed by atoms with Crippen molar-refractivity contribution < 1.29 is 4.74 Å². The third-order valence-electron chi connectivity index (χ3n) is 3.79. The molecule has 0 amide bonds. The van der Waals surface area contributed by atoms with Gasteiger partial charge in [0.25, 0.3) is 0 Å². The van der Waals surface area contributed by atoms with Crippen molar-refractivity contribution in [2.45, 2.75) is 6.42 Å². The molecule has 1 aromatic heterocycles. The summed E-state index contributed by atoms with van der Waals surface area (Å²) < 4.78 is 5.57. The van der Waals surface area contributed by atoms with Crippen molar-refractivity contribution in [2.75, 3.05) is 39.8 Å². The number of hydrazone groups is 1. The Labute approximate surface area is 140 Å². The minimum absolute atomic E-state index is 0.542. The predicted molar refractivity (Wildman–Crippen MR) is 90.7 cm³/mol. The number of pyridine rings is 1. The maximum Gasteiger partial charge on any atom is 0.189 e. The van der Waals surface area contributed by atoms with E-state index in [0.29, 0.717) is 34.6 Å². The fourth-order valence-corrected chi connectivity index (χ4v) is 2.87. The Bertz CT molecular complexity index is 601. The van der Waals surface area contributed by atoms with Gasteiger partial charge in [-0.3, -0.25) is 10.4 Å². The summed E-state index contributed by atoms with van der Waals surface area (Å²) in [6.07, 6.45) is 2.34. The largest absolute Gasteiger partial charge is 0.489 e. The molecule has 22 heavy (non-hydrogen) atoms. The summed E-state index contributed by atoms with van der Waals surface area (Å²) in [5.41, 5.74) is 4.49. The van der Waals surface area contributed by atoms with E-state index in [2.05, 4.69) is 32.4 Å². The van der Waals surface area contributed by atoms with Crippen LogP contribution in [0.1, 0.15) is 12.1 Å². The first-order valence-electron chi connectivity index (χ1n) is 7.23. The maximum absolute atomic E-state index is 6.13. The summed E-state index contributed by atoms with van der Waals surface area (Å²) >= 11 is 11.5. The van der Waals surface area contributed by atoms with Crippen LogP contribution in [0.4, 0.5) is 0 Å². The number of thiocarbonyl (C=S) groups is 1. The van der Waals surface area contributed by atoms with Gasteiger partial charge >= 0.3 is 0 Å². The zero-order valence-corrected chi connectivity index (χ0v) is 14.0. The van der Waals surface area contributed by atoms with Crippen LogP contribution >= 0.6 is 23.8 Å². The van der Waals surface area contributed by atoms with Gasteiger partial charge in [0.05, 0.1) is 17.3 Å². The molecule has 3 rings (SSSR count). The maximum atomic E-state index is 6.13. The standard InChI is InChI=1S/C14H18ClN5OS/c1-19-5-7-20(8-6-19)14(22)18-17-11-3-9-21-13-10(15)2-4-16-12(11)13/h2,4H,3,5-9H2,1H3,(H,18,22)/b17-11-. The van der Waals surface area contributed by atoms with Crippen LogP contribution in [0, 0.1) is 0 Å². The highest BCUT2D eigenvalue weighted by molar-refractivity contribution is 7.80. The highest BCUT2D eigenvalue weighted by Gasteiger charge is 2.22. The van der Waals surface area contributed by atoms with E-state index in [0.717, 1.165) is 31.9 Å². The third-order valence-corrected chi connectivity index (χ3v) is 4.44. The number of halogens is 1. The minimum atomic E-state index is 0.542. The van der Waals surface area contributed by atoms with E-state index in [9.17, 15) is 0 Å². The van der Waals surface area contributed by atoms with Gasteiger partial charge in [-0.15, -0.1) is 0 Å². The van der Waals surface area contributed by atoms with Gasteiger partial charge in [0.1, 0.15) is 5.69 Å². The molecule has 1 aromatic rings. The number of rotatable bonds is 1. The van der Waals surface area contributed by atoms with Crippen molar-refractivity contribution in [1.29, 1.82) is 0 Å². The molecule has 1 fully saturated rings. The molecule has 0 spiro atoms. The summed E-state index contributed by atoms with van der Waals surface area (Å²) in [5, 5.41) is 5.63. The lowest BCUT2D eigenvalue weighted by Gasteiger charge is -2.33. The normalized spacial score (nSPS) is 20.5. The van der Waals surface area contributed by atoms with Crippen molar-refractivity contribution in [3.8, 4) is 5.75 Å². The summed E-state index contributed by atoms with van der Waals surface area (Å²) in [6.45, 7) is 4.38. The second kappa shape index (κ2) is 6.76. The van der Waals surface area contributed by atoms with Gasteiger partial charge in [-0.1, -0.05) is 11.6 Å². The first-order valence-corrected chi connectivity index (χ1v) is 8.01. The second-order valence-electron chi connectivity index (χ2n) is 5.33. The van der Waals surface area contributed by atoms with E-state index < -0.39 is 0 Å². The molecule has 6 nitrogen and oxygen atoms in total. The molecular weight excluding hydrogens is 322 g/mol. The van der Waals surface area contributed by atoms with Gasteiger partial charge in [-0.25, -0.2) is 0 Å². The molecule has 0 bridgehead atoms. The number of likely N-dealkylation sites (N-methyl/N-ethyl adjacent to an activating group) is 1. The molecule has 1 saturated heterocycles. The Kier molecular flexibility index (Phi) is 4.75. The molecule has 2 aliphatic heterocycles. The monoisotopic (exact) mass is 339 g/mol. The molecule has 118 valence electrons. The molecule has 3 heterocycles. The number of nitrogens with zero attached hydrogens (tertiary/aromatic N) is 4. The van der Waals surface area contributed by atoms with Gasteiger partial charge in [0.2, 0.25) is 0 Å². The number of aromatic nitrogens is 1. The molecule has 0 saturated carbocycles. The van der Waals surface area contributed by atoms with Gasteiger partial charge in [0.15, 0.2) is 10.9 Å². The van der Waals surface area contributed by atoms with Gasteiger partial charge in [-0.2, -0.15) is 5.10 Å². The van der Waals surface area contributed by atoms with Crippen molar-refractivity contribution in [1.82, 2.24) is 20.2 Å². The van der Waals surface area contributed by atoms with E-state index in [-0.39, 0.29) is 0 Å². The van der Waals surface area contributed by atoms with Crippen LogP contribution in [-0.4, -0.2) is 65.4 Å². The van der Waals surface area contributed by atoms with Crippen LogP contribution in [-0.2, 0) is 0 Å². The molecule has 0 atom stereocenters. The van der Waals surface area contributed by atoms with Gasteiger partial charge in [0, 0.05) is 38.8 Å². The number of nitrogens with one attached hydrogen (secondary N) is 1. The number of hydrogen-bond donors (Lipinski definition) is 1. The molecule has 0 aliphatic carbocycles. The van der Waals surface area contributed by atoms with E-state index >= 15 is 0 Å². The number of hydrogen-bond acceptors (Lipinski definition) is 5. The van der Waals surface area contributed by atoms with E-state index in [4.69, 9.17) is 28.6 Å². The number of ether oxygens (including phenoxy) is 1. The Hall–Kier alpha value is -1.44. The summed E-state index contributed by atoms with van der Waals surface area (Å²) in [4.78, 5) is 8.73. The fraction of sp³-hybridized carbons (Fsp3) is 0.500. The molecule has 0 aromatic carbocycles. The van der Waals surface area contributed by atoms with Crippen LogP contribution in [0.3, 0.4) is 0 Å². The number of fused-ring (bicyclic) bond motifs is 1. The van der Waals surface area contributed by atoms with Gasteiger partial charge in [-0.05, 0) is 25.3 Å². The second-order valence-corrected chi connectivity index (χ2v) is 6.13. The van der Waals surface area contributed by atoms with Crippen LogP contribution in [0.25, 0.3) is 0 Å². The quantitative estimate of drug-likeness (QED) is 0.615. The highest BCUT2D eigenvalue weighted by Crippen LogP contribution is 2.30. The SMILES string of the molecule is CN1CCN(C(=S)N/N=C2/CCOc3c(Cl)ccnc32)CC1. The number of piperazine rings is 1. The zero-order valence-electron chi connectivity index (χ0n) is 12.4. The zero-order chi connectivity index (χ0) is 15.5. The first kappa shape index (κ1) is 15.5. The highest BCUT2D eigenvalue weighted by atomic mass is 35.5. The molecule has 0 unspecified atom stereocenters. The molecule has 0 radical (unpaired) electrons. The lowest BCUT2D eigenvalue weighted by molar-refractivity contribution is 0.214. The van der Waals surface area contributed by atoms with Crippen LogP contribution < -0.4 is 10.2 Å². The third kappa shape index (κ3) is 3.31. The minimum Gasteiger partial charge on any atom is -0.489 e.